The van der Waals surface area contributed by atoms with Gasteiger partial charge in [0.15, 0.2) is 0 Å². The number of hydrogen-bond acceptors (Lipinski definition) is 2. The molecule has 0 radical (unpaired) electrons. The summed E-state index contributed by atoms with van der Waals surface area (Å²) < 4.78 is 11.1. The summed E-state index contributed by atoms with van der Waals surface area (Å²) in [5.74, 6) is 1.58. The Morgan fingerprint density at radius 3 is 1.50 bits per heavy atom. The molecule has 0 unspecified atom stereocenters. The number of methoxy groups -OCH3 is 2. The molecule has 3 aromatic carbocycles. The molecule has 0 N–H and O–H groups in total. The Labute approximate surface area is 165 Å². The van der Waals surface area contributed by atoms with E-state index in [0.29, 0.717) is 0 Å². The van der Waals surface area contributed by atoms with Crippen molar-refractivity contribution in [1.29, 1.82) is 0 Å². The number of ether oxygens (including phenoxy) is 2. The summed E-state index contributed by atoms with van der Waals surface area (Å²) in [5.41, 5.74) is 5.02. The predicted octanol–water partition coefficient (Wildman–Crippen LogP) is 6.76. The zero-order valence-electron chi connectivity index (χ0n) is 14.8. The molecule has 2 nitrogen and oxygen atoms in total. The molecule has 0 saturated carbocycles. The first-order chi connectivity index (χ1) is 12.6. The van der Waals surface area contributed by atoms with Gasteiger partial charge in [-0.3, -0.25) is 0 Å². The second-order valence-electron chi connectivity index (χ2n) is 5.84. The summed E-state index contributed by atoms with van der Waals surface area (Å²) in [7, 11) is 3.33. The third-order valence-corrected chi connectivity index (χ3v) is 6.05. The third kappa shape index (κ3) is 3.69. The minimum atomic E-state index is -1.40. The van der Waals surface area contributed by atoms with E-state index >= 15 is 0 Å². The number of rotatable bonds is 5. The van der Waals surface area contributed by atoms with Crippen LogP contribution in [0.15, 0.2) is 60.7 Å². The van der Waals surface area contributed by atoms with Crippen molar-refractivity contribution >= 4 is 34.4 Å². The monoisotopic (exact) mass is 404 g/mol. The van der Waals surface area contributed by atoms with Crippen LogP contribution in [0.1, 0.15) is 5.56 Å². The van der Waals surface area contributed by atoms with Gasteiger partial charge in [0.05, 0.1) is 14.2 Å². The molecule has 0 aliphatic carbocycles. The molecular formula is C21H19Cl2O2P. The maximum absolute atomic E-state index is 6.51. The lowest BCUT2D eigenvalue weighted by molar-refractivity contribution is 0.416. The lowest BCUT2D eigenvalue weighted by Gasteiger charge is -2.20. The van der Waals surface area contributed by atoms with E-state index in [-0.39, 0.29) is 0 Å². The van der Waals surface area contributed by atoms with Crippen LogP contribution in [0.3, 0.4) is 0 Å². The van der Waals surface area contributed by atoms with Crippen molar-refractivity contribution in [3.05, 3.63) is 66.2 Å². The van der Waals surface area contributed by atoms with Crippen LogP contribution in [0.25, 0.3) is 22.3 Å². The molecule has 26 heavy (non-hydrogen) atoms. The van der Waals surface area contributed by atoms with Gasteiger partial charge in [0.25, 0.3) is 0 Å². The highest BCUT2D eigenvalue weighted by atomic mass is 35.9. The summed E-state index contributed by atoms with van der Waals surface area (Å²) in [6.45, 7) is 0.664. The molecule has 0 aliphatic rings. The van der Waals surface area contributed by atoms with Gasteiger partial charge >= 0.3 is 0 Å². The molecule has 134 valence electrons. The summed E-state index contributed by atoms with van der Waals surface area (Å²) >= 11 is 13.0. The second kappa shape index (κ2) is 8.31. The summed E-state index contributed by atoms with van der Waals surface area (Å²) in [6, 6.07) is 20.0. The predicted molar refractivity (Wildman–Crippen MR) is 113 cm³/mol. The van der Waals surface area contributed by atoms with E-state index in [1.165, 1.54) is 0 Å². The van der Waals surface area contributed by atoms with Crippen molar-refractivity contribution in [2.45, 2.75) is 6.92 Å². The number of hydrogen-bond donors (Lipinski definition) is 0. The van der Waals surface area contributed by atoms with Gasteiger partial charge in [-0.2, -0.15) is 0 Å². The topological polar surface area (TPSA) is 18.5 Å². The van der Waals surface area contributed by atoms with Crippen LogP contribution in [-0.2, 0) is 0 Å². The van der Waals surface area contributed by atoms with Gasteiger partial charge in [-0.05, 0) is 35.7 Å². The fraction of sp³-hybridized carbons (Fsp3) is 0.143. The van der Waals surface area contributed by atoms with Crippen LogP contribution in [0.4, 0.5) is 0 Å². The Bertz CT molecular complexity index is 857. The molecule has 3 aromatic rings. The van der Waals surface area contributed by atoms with Crippen LogP contribution in [0, 0.1) is 6.92 Å². The number of halogens is 2. The molecular weight excluding hydrogens is 386 g/mol. The molecule has 0 fully saturated rings. The summed E-state index contributed by atoms with van der Waals surface area (Å²) in [5, 5.41) is 0.905. The first-order valence-corrected chi connectivity index (χ1v) is 11.2. The van der Waals surface area contributed by atoms with E-state index in [1.54, 1.807) is 14.2 Å². The molecule has 3 rings (SSSR count). The van der Waals surface area contributed by atoms with E-state index in [9.17, 15) is 0 Å². The third-order valence-electron chi connectivity index (χ3n) is 4.22. The Hall–Kier alpha value is -1.73. The number of aryl methyl sites for hydroxylation is 1. The van der Waals surface area contributed by atoms with Gasteiger partial charge in [0, 0.05) is 16.4 Å². The Morgan fingerprint density at radius 2 is 1.12 bits per heavy atom. The molecule has 0 aromatic heterocycles. The van der Waals surface area contributed by atoms with Crippen LogP contribution in [0.5, 0.6) is 11.5 Å². The minimum Gasteiger partial charge on any atom is -0.496 e. The quantitative estimate of drug-likeness (QED) is 0.437. The molecule has 0 atom stereocenters. The molecule has 0 spiro atoms. The molecule has 0 aliphatic heterocycles. The number of para-hydroxylation sites is 2. The van der Waals surface area contributed by atoms with Crippen LogP contribution >= 0.6 is 29.1 Å². The van der Waals surface area contributed by atoms with E-state index < -0.39 is 6.63 Å². The van der Waals surface area contributed by atoms with Gasteiger partial charge < -0.3 is 9.47 Å². The Kier molecular flexibility index (Phi) is 6.09. The number of benzene rings is 3. The highest BCUT2D eigenvalue weighted by Crippen LogP contribution is 2.52. The van der Waals surface area contributed by atoms with E-state index in [4.69, 9.17) is 32.0 Å². The van der Waals surface area contributed by atoms with E-state index in [0.717, 1.165) is 44.6 Å². The van der Waals surface area contributed by atoms with Crippen LogP contribution in [-0.4, -0.2) is 14.2 Å². The lowest BCUT2D eigenvalue weighted by Crippen LogP contribution is -2.08. The van der Waals surface area contributed by atoms with Gasteiger partial charge in [-0.15, -0.1) is 0 Å². The fourth-order valence-electron chi connectivity index (χ4n) is 3.11. The van der Waals surface area contributed by atoms with E-state index in [1.807, 2.05) is 48.5 Å². The maximum atomic E-state index is 6.51. The van der Waals surface area contributed by atoms with Crippen LogP contribution in [0.2, 0.25) is 0 Å². The highest BCUT2D eigenvalue weighted by molar-refractivity contribution is 8.09. The average molecular weight is 405 g/mol. The van der Waals surface area contributed by atoms with Crippen molar-refractivity contribution in [2.24, 2.45) is 0 Å². The largest absolute Gasteiger partial charge is 0.496 e. The van der Waals surface area contributed by atoms with Crippen molar-refractivity contribution in [2.75, 3.05) is 14.2 Å². The Morgan fingerprint density at radius 1 is 0.692 bits per heavy atom. The van der Waals surface area contributed by atoms with E-state index in [2.05, 4.69) is 19.1 Å². The van der Waals surface area contributed by atoms with Crippen molar-refractivity contribution in [3.8, 4) is 33.8 Å². The minimum absolute atomic E-state index is 0.788. The SMILES string of the molecule is COc1ccccc1-c1cc(C)cc(-c2ccccc2OC)c1P(Cl)Cl. The zero-order chi connectivity index (χ0) is 18.7. The van der Waals surface area contributed by atoms with Gasteiger partial charge in [-0.1, -0.05) is 71.0 Å². The normalized spacial score (nSPS) is 10.8. The summed E-state index contributed by atoms with van der Waals surface area (Å²) in [6.07, 6.45) is 0. The smallest absolute Gasteiger partial charge is 0.126 e. The average Bonchev–Trinajstić information content (AvgIpc) is 2.66. The summed E-state index contributed by atoms with van der Waals surface area (Å²) in [4.78, 5) is 0. The molecule has 0 saturated heterocycles. The fourth-order valence-corrected chi connectivity index (χ4v) is 4.93. The Balaban J connectivity index is 2.36. The molecule has 0 bridgehead atoms. The van der Waals surface area contributed by atoms with Gasteiger partial charge in [0.2, 0.25) is 0 Å². The van der Waals surface area contributed by atoms with Crippen molar-refractivity contribution in [1.82, 2.24) is 0 Å². The van der Waals surface area contributed by atoms with Crippen LogP contribution < -0.4 is 14.8 Å². The lowest BCUT2D eigenvalue weighted by atomic mass is 9.95. The molecule has 5 heteroatoms. The van der Waals surface area contributed by atoms with Gasteiger partial charge in [-0.25, -0.2) is 0 Å². The maximum Gasteiger partial charge on any atom is 0.126 e. The van der Waals surface area contributed by atoms with Gasteiger partial charge in [0.1, 0.15) is 18.1 Å². The van der Waals surface area contributed by atoms with Crippen molar-refractivity contribution in [3.63, 3.8) is 0 Å². The second-order valence-corrected chi connectivity index (χ2v) is 9.30. The standard InChI is InChI=1S/C21H19Cl2O2P/c1-14-12-17(15-8-4-6-10-19(15)24-2)21(26(22)23)18(13-14)16-9-5-7-11-20(16)25-3/h4-13H,1-3H3. The highest BCUT2D eigenvalue weighted by Gasteiger charge is 2.22. The zero-order valence-corrected chi connectivity index (χ0v) is 17.2. The molecule has 0 heterocycles. The molecule has 0 amide bonds. The first kappa shape index (κ1) is 19.0. The van der Waals surface area contributed by atoms with Crippen molar-refractivity contribution < 1.29 is 9.47 Å². The first-order valence-electron chi connectivity index (χ1n) is 8.10.